The molecule has 3 aromatic carbocycles. The van der Waals surface area contributed by atoms with E-state index in [1.807, 2.05) is 73.6 Å². The van der Waals surface area contributed by atoms with Crippen LogP contribution in [0.4, 0.5) is 11.4 Å². The first-order chi connectivity index (χ1) is 16.3. The Bertz CT molecular complexity index is 1190. The van der Waals surface area contributed by atoms with Crippen LogP contribution in [0.2, 0.25) is 0 Å². The zero-order chi connectivity index (χ0) is 24.2. The Kier molecular flexibility index (Phi) is 6.70. The Hall–Kier alpha value is -4.04. The van der Waals surface area contributed by atoms with Gasteiger partial charge in [0.25, 0.3) is 11.6 Å². The second kappa shape index (κ2) is 9.84. The van der Waals surface area contributed by atoms with Gasteiger partial charge < -0.3 is 4.90 Å². The van der Waals surface area contributed by atoms with Gasteiger partial charge in [0.15, 0.2) is 0 Å². The summed E-state index contributed by atoms with van der Waals surface area (Å²) in [5.41, 5.74) is 4.50. The van der Waals surface area contributed by atoms with Gasteiger partial charge in [-0.25, -0.2) is 5.01 Å². The third-order valence-corrected chi connectivity index (χ3v) is 5.86. The maximum atomic E-state index is 13.1. The first-order valence-electron chi connectivity index (χ1n) is 11.0. The maximum Gasteiger partial charge on any atom is 0.269 e. The smallest absolute Gasteiger partial charge is 0.269 e. The van der Waals surface area contributed by atoms with E-state index in [-0.39, 0.29) is 24.3 Å². The van der Waals surface area contributed by atoms with Crippen molar-refractivity contribution in [2.24, 2.45) is 5.10 Å². The molecule has 4 rings (SSSR count). The van der Waals surface area contributed by atoms with Crippen LogP contribution in [-0.4, -0.2) is 47.1 Å². The Balaban J connectivity index is 1.68. The number of carbonyl (C=O) groups is 1. The summed E-state index contributed by atoms with van der Waals surface area (Å²) in [4.78, 5) is 27.8. The fourth-order valence-electron chi connectivity index (χ4n) is 4.03. The lowest BCUT2D eigenvalue weighted by Crippen LogP contribution is -2.29. The van der Waals surface area contributed by atoms with Gasteiger partial charge in [-0.3, -0.25) is 19.8 Å². The summed E-state index contributed by atoms with van der Waals surface area (Å²) in [5.74, 6) is -0.0983. The minimum absolute atomic E-state index is 0.0155. The topological polar surface area (TPSA) is 82.3 Å². The van der Waals surface area contributed by atoms with E-state index in [9.17, 15) is 14.9 Å². The molecule has 0 saturated carbocycles. The Morgan fingerprint density at radius 3 is 2.26 bits per heavy atom. The van der Waals surface area contributed by atoms with E-state index in [1.54, 1.807) is 19.1 Å². The third-order valence-electron chi connectivity index (χ3n) is 5.86. The molecule has 0 N–H and O–H groups in total. The quantitative estimate of drug-likeness (QED) is 0.298. The summed E-state index contributed by atoms with van der Waals surface area (Å²) < 4.78 is 0. The normalized spacial score (nSPS) is 16.7. The summed E-state index contributed by atoms with van der Waals surface area (Å²) in [6.45, 7) is 2.65. The molecule has 0 spiro atoms. The van der Waals surface area contributed by atoms with Crippen LogP contribution in [0.15, 0.2) is 84.0 Å². The molecule has 1 aliphatic heterocycles. The van der Waals surface area contributed by atoms with E-state index in [0.29, 0.717) is 12.3 Å². The predicted molar refractivity (Wildman–Crippen MR) is 133 cm³/mol. The fraction of sp³-hybridized carbons (Fsp3) is 0.231. The number of anilines is 1. The van der Waals surface area contributed by atoms with Crippen molar-refractivity contribution in [1.29, 1.82) is 0 Å². The van der Waals surface area contributed by atoms with Crippen molar-refractivity contribution in [3.63, 3.8) is 0 Å². The molecule has 0 aliphatic carbocycles. The Labute approximate surface area is 198 Å². The molecule has 0 bridgehead atoms. The van der Waals surface area contributed by atoms with Crippen LogP contribution >= 0.6 is 0 Å². The summed E-state index contributed by atoms with van der Waals surface area (Å²) in [5, 5.41) is 17.2. The first kappa shape index (κ1) is 23.1. The van der Waals surface area contributed by atoms with Crippen molar-refractivity contribution in [2.75, 3.05) is 25.5 Å². The number of nitro groups is 1. The second-order valence-electron chi connectivity index (χ2n) is 8.48. The zero-order valence-corrected chi connectivity index (χ0v) is 19.5. The van der Waals surface area contributed by atoms with E-state index >= 15 is 0 Å². The van der Waals surface area contributed by atoms with Gasteiger partial charge in [-0.2, -0.15) is 5.10 Å². The molecule has 1 amide bonds. The SMILES string of the molecule is C/C(=N/N1C(=O)CN(Cc2ccccc2)[C@H]1c1ccc(N(C)C)cc1)c1ccc([N+](=O)[O-])cc1. The fourth-order valence-corrected chi connectivity index (χ4v) is 4.03. The largest absolute Gasteiger partial charge is 0.378 e. The van der Waals surface area contributed by atoms with Crippen LogP contribution in [0.3, 0.4) is 0 Å². The molecule has 0 unspecified atom stereocenters. The molecule has 1 aliphatic rings. The van der Waals surface area contributed by atoms with Crippen molar-refractivity contribution in [3.8, 4) is 0 Å². The molecule has 3 aromatic rings. The number of non-ortho nitro benzene ring substituents is 1. The zero-order valence-electron chi connectivity index (χ0n) is 19.5. The van der Waals surface area contributed by atoms with E-state index in [2.05, 4.69) is 10.0 Å². The van der Waals surface area contributed by atoms with Gasteiger partial charge in [0, 0.05) is 38.5 Å². The second-order valence-corrected chi connectivity index (χ2v) is 8.48. The number of hydrazone groups is 1. The lowest BCUT2D eigenvalue weighted by atomic mass is 10.1. The molecule has 0 radical (unpaired) electrons. The summed E-state index contributed by atoms with van der Waals surface area (Å²) in [6, 6.07) is 24.4. The minimum atomic E-state index is -0.435. The van der Waals surface area contributed by atoms with Gasteiger partial charge in [-0.05, 0) is 47.9 Å². The van der Waals surface area contributed by atoms with Crippen LogP contribution in [0.1, 0.15) is 29.8 Å². The van der Waals surface area contributed by atoms with Gasteiger partial charge in [0.1, 0.15) is 6.17 Å². The van der Waals surface area contributed by atoms with Crippen molar-refractivity contribution < 1.29 is 9.72 Å². The van der Waals surface area contributed by atoms with Crippen LogP contribution in [-0.2, 0) is 11.3 Å². The maximum absolute atomic E-state index is 13.1. The Morgan fingerprint density at radius 1 is 1.03 bits per heavy atom. The first-order valence-corrected chi connectivity index (χ1v) is 11.0. The van der Waals surface area contributed by atoms with Gasteiger partial charge in [-0.1, -0.05) is 42.5 Å². The highest BCUT2D eigenvalue weighted by atomic mass is 16.6. The summed E-state index contributed by atoms with van der Waals surface area (Å²) in [7, 11) is 3.97. The lowest BCUT2D eigenvalue weighted by Gasteiger charge is -2.28. The van der Waals surface area contributed by atoms with Crippen molar-refractivity contribution in [2.45, 2.75) is 19.6 Å². The van der Waals surface area contributed by atoms with Gasteiger partial charge in [0.2, 0.25) is 0 Å². The number of amides is 1. The van der Waals surface area contributed by atoms with Crippen molar-refractivity contribution in [3.05, 3.63) is 106 Å². The van der Waals surface area contributed by atoms with Crippen LogP contribution in [0.25, 0.3) is 0 Å². The number of nitro benzene ring substituents is 1. The highest BCUT2D eigenvalue weighted by molar-refractivity contribution is 5.99. The molecule has 0 aromatic heterocycles. The average molecular weight is 458 g/mol. The van der Waals surface area contributed by atoms with Gasteiger partial charge in [0.05, 0.1) is 17.2 Å². The molecular weight excluding hydrogens is 430 g/mol. The van der Waals surface area contributed by atoms with E-state index in [4.69, 9.17) is 0 Å². The molecule has 34 heavy (non-hydrogen) atoms. The number of nitrogens with zero attached hydrogens (tertiary/aromatic N) is 5. The molecule has 1 fully saturated rings. The average Bonchev–Trinajstić information content (AvgIpc) is 3.14. The van der Waals surface area contributed by atoms with Crippen LogP contribution < -0.4 is 4.90 Å². The predicted octanol–water partition coefficient (Wildman–Crippen LogP) is 4.43. The number of benzene rings is 3. The van der Waals surface area contributed by atoms with Gasteiger partial charge >= 0.3 is 0 Å². The van der Waals surface area contributed by atoms with Crippen molar-refractivity contribution in [1.82, 2.24) is 9.91 Å². The highest BCUT2D eigenvalue weighted by Gasteiger charge is 2.39. The molecule has 1 heterocycles. The molecule has 8 nitrogen and oxygen atoms in total. The molecule has 1 atom stereocenters. The summed E-state index contributed by atoms with van der Waals surface area (Å²) in [6.07, 6.45) is -0.364. The van der Waals surface area contributed by atoms with Crippen molar-refractivity contribution >= 4 is 23.0 Å². The molecule has 174 valence electrons. The number of hydrogen-bond donors (Lipinski definition) is 0. The van der Waals surface area contributed by atoms with Crippen LogP contribution in [0, 0.1) is 10.1 Å². The van der Waals surface area contributed by atoms with E-state index in [1.165, 1.54) is 17.1 Å². The van der Waals surface area contributed by atoms with E-state index < -0.39 is 4.92 Å². The standard InChI is InChI=1S/C26H27N5O3/c1-19(21-9-15-24(16-10-21)31(33)34)27-30-25(32)18-29(17-20-7-5-4-6-8-20)26(30)22-11-13-23(14-12-22)28(2)3/h4-16,26H,17-18H2,1-3H3/b27-19-/t26-/m1/s1. The minimum Gasteiger partial charge on any atom is -0.378 e. The number of carbonyl (C=O) groups excluding carboxylic acids is 1. The monoisotopic (exact) mass is 457 g/mol. The molecule has 8 heteroatoms. The van der Waals surface area contributed by atoms with E-state index in [0.717, 1.165) is 22.4 Å². The number of rotatable bonds is 7. The molecular formula is C26H27N5O3. The van der Waals surface area contributed by atoms with Gasteiger partial charge in [-0.15, -0.1) is 0 Å². The molecule has 1 saturated heterocycles. The highest BCUT2D eigenvalue weighted by Crippen LogP contribution is 2.33. The lowest BCUT2D eigenvalue weighted by molar-refractivity contribution is -0.384. The van der Waals surface area contributed by atoms with Crippen LogP contribution in [0.5, 0.6) is 0 Å². The Morgan fingerprint density at radius 2 is 1.68 bits per heavy atom. The number of hydrogen-bond acceptors (Lipinski definition) is 6. The summed E-state index contributed by atoms with van der Waals surface area (Å²) >= 11 is 0. The third kappa shape index (κ3) is 4.97.